The Morgan fingerprint density at radius 2 is 1.91 bits per heavy atom. The summed E-state index contributed by atoms with van der Waals surface area (Å²) in [5.74, 6) is 1.59. The van der Waals surface area contributed by atoms with Crippen molar-refractivity contribution in [2.24, 2.45) is 0 Å². The van der Waals surface area contributed by atoms with Crippen molar-refractivity contribution in [3.63, 3.8) is 0 Å². The molecule has 1 N–H and O–H groups in total. The molecule has 0 radical (unpaired) electrons. The van der Waals surface area contributed by atoms with Gasteiger partial charge < -0.3 is 24.1 Å². The Morgan fingerprint density at radius 3 is 2.45 bits per heavy atom. The summed E-state index contributed by atoms with van der Waals surface area (Å²) in [5.41, 5.74) is 0.806. The van der Waals surface area contributed by atoms with Gasteiger partial charge >= 0.3 is 0 Å². The first-order valence-electron chi connectivity index (χ1n) is 7.39. The van der Waals surface area contributed by atoms with Gasteiger partial charge in [0.05, 0.1) is 38.0 Å². The first-order chi connectivity index (χ1) is 10.6. The Balaban J connectivity index is 2.43. The second kappa shape index (κ2) is 7.53. The summed E-state index contributed by atoms with van der Waals surface area (Å²) in [6, 6.07) is 1.83. The van der Waals surface area contributed by atoms with E-state index in [1.165, 1.54) is 0 Å². The molecule has 1 aromatic carbocycles. The standard InChI is InChI=1S/C16H23BrO5/c1-5-6-9-7-11(18)14(22-9)10-8-12(19-2)15(20-3)16(21-4)13(10)17/h8-9,11,14,18H,5-7H2,1-4H3/t9-,11+,14+/m0/s1. The average Bonchev–Trinajstić information content (AvgIpc) is 2.87. The van der Waals surface area contributed by atoms with E-state index in [0.29, 0.717) is 28.1 Å². The van der Waals surface area contributed by atoms with Crippen LogP contribution in [0.4, 0.5) is 0 Å². The zero-order valence-electron chi connectivity index (χ0n) is 13.4. The molecule has 0 spiro atoms. The smallest absolute Gasteiger partial charge is 0.204 e. The van der Waals surface area contributed by atoms with Crippen LogP contribution in [0.2, 0.25) is 0 Å². The third-order valence-electron chi connectivity index (χ3n) is 3.91. The molecule has 124 valence electrons. The van der Waals surface area contributed by atoms with Gasteiger partial charge in [0.2, 0.25) is 5.75 Å². The maximum absolute atomic E-state index is 10.4. The van der Waals surface area contributed by atoms with E-state index in [9.17, 15) is 5.11 Å². The minimum Gasteiger partial charge on any atom is -0.493 e. The summed E-state index contributed by atoms with van der Waals surface area (Å²) in [6.07, 6.45) is 1.74. The van der Waals surface area contributed by atoms with Crippen LogP contribution in [0, 0.1) is 0 Å². The largest absolute Gasteiger partial charge is 0.493 e. The molecule has 2 rings (SSSR count). The predicted molar refractivity (Wildman–Crippen MR) is 86.9 cm³/mol. The maximum atomic E-state index is 10.4. The first-order valence-corrected chi connectivity index (χ1v) is 8.18. The van der Waals surface area contributed by atoms with E-state index in [2.05, 4.69) is 22.9 Å². The van der Waals surface area contributed by atoms with Crippen LogP contribution in [0.1, 0.15) is 37.9 Å². The van der Waals surface area contributed by atoms with Crippen molar-refractivity contribution in [1.29, 1.82) is 0 Å². The number of aliphatic hydroxyl groups excluding tert-OH is 1. The quantitative estimate of drug-likeness (QED) is 0.825. The summed E-state index contributed by atoms with van der Waals surface area (Å²) in [5, 5.41) is 10.4. The van der Waals surface area contributed by atoms with E-state index in [-0.39, 0.29) is 6.10 Å². The van der Waals surface area contributed by atoms with Gasteiger partial charge in [-0.15, -0.1) is 0 Å². The number of halogens is 1. The fraction of sp³-hybridized carbons (Fsp3) is 0.625. The summed E-state index contributed by atoms with van der Waals surface area (Å²) in [4.78, 5) is 0. The van der Waals surface area contributed by atoms with E-state index in [1.54, 1.807) is 21.3 Å². The number of benzene rings is 1. The Bertz CT molecular complexity index is 520. The zero-order chi connectivity index (χ0) is 16.3. The molecule has 1 aliphatic heterocycles. The topological polar surface area (TPSA) is 57.2 Å². The lowest BCUT2D eigenvalue weighted by molar-refractivity contribution is 0.00554. The molecule has 0 aliphatic carbocycles. The zero-order valence-corrected chi connectivity index (χ0v) is 15.0. The van der Waals surface area contributed by atoms with E-state index >= 15 is 0 Å². The molecular weight excluding hydrogens is 352 g/mol. The highest BCUT2D eigenvalue weighted by atomic mass is 79.9. The van der Waals surface area contributed by atoms with Crippen LogP contribution in [0.5, 0.6) is 17.2 Å². The monoisotopic (exact) mass is 374 g/mol. The van der Waals surface area contributed by atoms with Crippen molar-refractivity contribution in [1.82, 2.24) is 0 Å². The summed E-state index contributed by atoms with van der Waals surface area (Å²) >= 11 is 3.54. The molecule has 1 aromatic rings. The number of hydrogen-bond donors (Lipinski definition) is 1. The number of methoxy groups -OCH3 is 3. The molecule has 1 heterocycles. The van der Waals surface area contributed by atoms with Crippen LogP contribution in [0.25, 0.3) is 0 Å². The van der Waals surface area contributed by atoms with E-state index < -0.39 is 12.2 Å². The molecular formula is C16H23BrO5. The third-order valence-corrected chi connectivity index (χ3v) is 4.73. The molecule has 1 saturated heterocycles. The number of aliphatic hydroxyl groups is 1. The van der Waals surface area contributed by atoms with Crippen LogP contribution in [0.3, 0.4) is 0 Å². The van der Waals surface area contributed by atoms with Crippen molar-refractivity contribution in [3.8, 4) is 17.2 Å². The predicted octanol–water partition coefficient (Wildman–Crippen LogP) is 3.47. The SMILES string of the molecule is CCC[C@H]1C[C@@H](O)[C@@H](c2cc(OC)c(OC)c(OC)c2Br)O1. The minimum absolute atomic E-state index is 0.0796. The second-order valence-electron chi connectivity index (χ2n) is 5.32. The Morgan fingerprint density at radius 1 is 1.23 bits per heavy atom. The Kier molecular flexibility index (Phi) is 5.94. The van der Waals surface area contributed by atoms with E-state index in [1.807, 2.05) is 6.07 Å². The lowest BCUT2D eigenvalue weighted by atomic mass is 10.0. The lowest BCUT2D eigenvalue weighted by Gasteiger charge is -2.21. The van der Waals surface area contributed by atoms with Crippen LogP contribution < -0.4 is 14.2 Å². The molecule has 0 amide bonds. The number of hydrogen-bond acceptors (Lipinski definition) is 5. The van der Waals surface area contributed by atoms with Crippen molar-refractivity contribution in [3.05, 3.63) is 16.1 Å². The Hall–Kier alpha value is -0.980. The van der Waals surface area contributed by atoms with Crippen molar-refractivity contribution < 1.29 is 24.1 Å². The summed E-state index contributed by atoms with van der Waals surface area (Å²) in [7, 11) is 4.70. The lowest BCUT2D eigenvalue weighted by Crippen LogP contribution is -2.13. The van der Waals surface area contributed by atoms with Gasteiger partial charge in [0.1, 0.15) is 6.10 Å². The van der Waals surface area contributed by atoms with Crippen LogP contribution >= 0.6 is 15.9 Å². The van der Waals surface area contributed by atoms with Gasteiger partial charge in [0.25, 0.3) is 0 Å². The molecule has 1 fully saturated rings. The molecule has 1 aliphatic rings. The second-order valence-corrected chi connectivity index (χ2v) is 6.11. The van der Waals surface area contributed by atoms with Gasteiger partial charge in [0.15, 0.2) is 11.5 Å². The van der Waals surface area contributed by atoms with Crippen molar-refractivity contribution >= 4 is 15.9 Å². The highest BCUT2D eigenvalue weighted by molar-refractivity contribution is 9.10. The molecule has 3 atom stereocenters. The average molecular weight is 375 g/mol. The highest BCUT2D eigenvalue weighted by Gasteiger charge is 2.37. The number of rotatable bonds is 6. The molecule has 5 nitrogen and oxygen atoms in total. The van der Waals surface area contributed by atoms with E-state index in [0.717, 1.165) is 18.4 Å². The normalized spacial score (nSPS) is 24.4. The van der Waals surface area contributed by atoms with Gasteiger partial charge in [-0.2, -0.15) is 0 Å². The molecule has 6 heteroatoms. The van der Waals surface area contributed by atoms with Crippen molar-refractivity contribution in [2.45, 2.75) is 44.5 Å². The van der Waals surface area contributed by atoms with Gasteiger partial charge in [-0.3, -0.25) is 0 Å². The maximum Gasteiger partial charge on any atom is 0.204 e. The van der Waals surface area contributed by atoms with Crippen LogP contribution in [-0.4, -0.2) is 38.6 Å². The minimum atomic E-state index is -0.546. The molecule has 0 aromatic heterocycles. The first kappa shape index (κ1) is 17.4. The summed E-state index contributed by atoms with van der Waals surface area (Å²) < 4.78 is 22.9. The molecule has 0 unspecified atom stereocenters. The molecule has 0 saturated carbocycles. The van der Waals surface area contributed by atoms with E-state index in [4.69, 9.17) is 18.9 Å². The fourth-order valence-electron chi connectivity index (χ4n) is 2.88. The molecule has 0 bridgehead atoms. The van der Waals surface area contributed by atoms with Gasteiger partial charge in [-0.1, -0.05) is 13.3 Å². The number of ether oxygens (including phenoxy) is 4. The van der Waals surface area contributed by atoms with Crippen LogP contribution in [-0.2, 0) is 4.74 Å². The van der Waals surface area contributed by atoms with Crippen molar-refractivity contribution in [2.75, 3.05) is 21.3 Å². The van der Waals surface area contributed by atoms with Gasteiger partial charge in [0, 0.05) is 12.0 Å². The van der Waals surface area contributed by atoms with Gasteiger partial charge in [-0.05, 0) is 28.4 Å². The van der Waals surface area contributed by atoms with Crippen LogP contribution in [0.15, 0.2) is 10.5 Å². The third kappa shape index (κ3) is 3.19. The molecule has 22 heavy (non-hydrogen) atoms. The highest BCUT2D eigenvalue weighted by Crippen LogP contribution is 2.49. The Labute approximate surface area is 139 Å². The fourth-order valence-corrected chi connectivity index (χ4v) is 3.56. The van der Waals surface area contributed by atoms with Gasteiger partial charge in [-0.25, -0.2) is 0 Å². The summed E-state index contributed by atoms with van der Waals surface area (Å²) in [6.45, 7) is 2.11.